The zero-order chi connectivity index (χ0) is 19.7. The summed E-state index contributed by atoms with van der Waals surface area (Å²) in [5.41, 5.74) is 0. The Morgan fingerprint density at radius 3 is 2.56 bits per heavy atom. The molecule has 0 aliphatic carbocycles. The second-order valence-corrected chi connectivity index (χ2v) is 9.81. The third-order valence-corrected chi connectivity index (χ3v) is 7.13. The van der Waals surface area contributed by atoms with Crippen molar-refractivity contribution in [2.75, 3.05) is 11.5 Å². The predicted octanol–water partition coefficient (Wildman–Crippen LogP) is 3.59. The summed E-state index contributed by atoms with van der Waals surface area (Å²) < 4.78 is 31.1. The number of allylic oxidation sites excluding steroid dienone is 2. The molecule has 152 valence electrons. The van der Waals surface area contributed by atoms with Crippen LogP contribution in [0, 0.1) is 23.7 Å². The van der Waals surface area contributed by atoms with Crippen LogP contribution in [0.25, 0.3) is 0 Å². The van der Waals surface area contributed by atoms with Gasteiger partial charge < -0.3 is 9.84 Å². The predicted molar refractivity (Wildman–Crippen MR) is 106 cm³/mol. The maximum atomic E-state index is 12.5. The zero-order valence-corrected chi connectivity index (χ0v) is 17.0. The van der Waals surface area contributed by atoms with E-state index in [4.69, 9.17) is 9.84 Å². The summed E-state index contributed by atoms with van der Waals surface area (Å²) >= 11 is 0. The highest BCUT2D eigenvalue weighted by Crippen LogP contribution is 2.45. The van der Waals surface area contributed by atoms with Crippen LogP contribution in [0.15, 0.2) is 12.2 Å². The minimum Gasteiger partial charge on any atom is -0.481 e. The van der Waals surface area contributed by atoms with Crippen molar-refractivity contribution < 1.29 is 23.1 Å². The van der Waals surface area contributed by atoms with Gasteiger partial charge in [-0.25, -0.2) is 8.42 Å². The number of sulfone groups is 1. The number of carbonyl (C=O) groups is 1. The van der Waals surface area contributed by atoms with E-state index in [2.05, 4.69) is 24.8 Å². The lowest BCUT2D eigenvalue weighted by Gasteiger charge is -2.27. The van der Waals surface area contributed by atoms with Crippen molar-refractivity contribution in [2.45, 2.75) is 76.9 Å². The molecular weight excluding hydrogens is 364 g/mol. The smallest absolute Gasteiger partial charge is 0.303 e. The molecule has 27 heavy (non-hydrogen) atoms. The molecule has 0 aromatic carbocycles. The monoisotopic (exact) mass is 396 g/mol. The third kappa shape index (κ3) is 7.31. The molecule has 5 nitrogen and oxygen atoms in total. The maximum Gasteiger partial charge on any atom is 0.303 e. The number of fused-ring (bicyclic) bond motifs is 2. The number of aliphatic carboxylic acids is 1. The van der Waals surface area contributed by atoms with Gasteiger partial charge in [-0.1, -0.05) is 19.1 Å². The summed E-state index contributed by atoms with van der Waals surface area (Å²) in [6.45, 7) is 2.06. The number of unbranched alkanes of at least 4 members (excludes halogenated alkanes) is 2. The summed E-state index contributed by atoms with van der Waals surface area (Å²) in [7, 11) is -3.13. The van der Waals surface area contributed by atoms with Crippen LogP contribution in [0.3, 0.4) is 0 Å². The molecule has 0 spiro atoms. The van der Waals surface area contributed by atoms with E-state index in [1.807, 2.05) is 6.08 Å². The van der Waals surface area contributed by atoms with Gasteiger partial charge in [-0.05, 0) is 44.4 Å². The highest BCUT2D eigenvalue weighted by atomic mass is 32.2. The molecule has 0 unspecified atom stereocenters. The van der Waals surface area contributed by atoms with Crippen molar-refractivity contribution in [2.24, 2.45) is 11.8 Å². The number of hydrogen-bond donors (Lipinski definition) is 1. The van der Waals surface area contributed by atoms with Crippen LogP contribution in [0.2, 0.25) is 0 Å². The van der Waals surface area contributed by atoms with Crippen molar-refractivity contribution in [1.82, 2.24) is 0 Å². The minimum absolute atomic E-state index is 0.0704. The fraction of sp³-hybridized carbons (Fsp3) is 0.762. The molecule has 2 saturated heterocycles. The molecule has 2 heterocycles. The van der Waals surface area contributed by atoms with Crippen molar-refractivity contribution >= 4 is 15.8 Å². The van der Waals surface area contributed by atoms with Crippen molar-refractivity contribution in [3.05, 3.63) is 12.2 Å². The van der Waals surface area contributed by atoms with Crippen LogP contribution in [-0.4, -0.2) is 43.2 Å². The van der Waals surface area contributed by atoms with Crippen molar-refractivity contribution in [3.8, 4) is 11.8 Å². The summed E-state index contributed by atoms with van der Waals surface area (Å²) in [6, 6.07) is 0. The fourth-order valence-corrected chi connectivity index (χ4v) is 5.68. The molecule has 4 atom stereocenters. The fourth-order valence-electron chi connectivity index (χ4n) is 4.06. The molecule has 0 radical (unpaired) electrons. The Labute approximate surface area is 163 Å². The Bertz CT molecular complexity index is 670. The lowest BCUT2D eigenvalue weighted by atomic mass is 9.78. The van der Waals surface area contributed by atoms with Crippen LogP contribution < -0.4 is 0 Å². The summed E-state index contributed by atoms with van der Waals surface area (Å²) in [4.78, 5) is 10.5. The Morgan fingerprint density at radius 1 is 1.15 bits per heavy atom. The van der Waals surface area contributed by atoms with E-state index >= 15 is 0 Å². The van der Waals surface area contributed by atoms with Gasteiger partial charge in [0.05, 0.1) is 23.7 Å². The van der Waals surface area contributed by atoms with Gasteiger partial charge >= 0.3 is 5.97 Å². The summed E-state index contributed by atoms with van der Waals surface area (Å²) in [5.74, 6) is 5.85. The Morgan fingerprint density at radius 2 is 1.85 bits per heavy atom. The molecule has 2 fully saturated rings. The molecule has 0 amide bonds. The summed E-state index contributed by atoms with van der Waals surface area (Å²) in [6.07, 6.45) is 10.9. The van der Waals surface area contributed by atoms with Crippen LogP contribution >= 0.6 is 0 Å². The van der Waals surface area contributed by atoms with Gasteiger partial charge in [-0.3, -0.25) is 4.79 Å². The first kappa shape index (κ1) is 22.0. The average Bonchev–Trinajstić information content (AvgIpc) is 3.19. The first-order chi connectivity index (χ1) is 12.9. The lowest BCUT2D eigenvalue weighted by molar-refractivity contribution is -0.137. The molecule has 2 rings (SSSR count). The minimum atomic E-state index is -3.13. The van der Waals surface area contributed by atoms with E-state index in [1.165, 1.54) is 0 Å². The van der Waals surface area contributed by atoms with Gasteiger partial charge in [0, 0.05) is 25.2 Å². The standard InChI is InChI=1S/C21H32O5S/c1-2-3-4-7-10-15-27(24,25)16-18-17(19-13-14-20(18)26-19)11-8-5-6-9-12-21(22)23/h5,8,17-20H,2-3,6,9-16H2,1H3,(H,22,23)/b8-5-/t17-,18+,19-,20+/m1/s1. The number of carboxylic acids is 1. The molecule has 0 aromatic heterocycles. The van der Waals surface area contributed by atoms with E-state index in [-0.39, 0.29) is 42.0 Å². The highest BCUT2D eigenvalue weighted by Gasteiger charge is 2.49. The van der Waals surface area contributed by atoms with Gasteiger partial charge in [0.15, 0.2) is 9.84 Å². The highest BCUT2D eigenvalue weighted by molar-refractivity contribution is 7.91. The molecule has 0 aromatic rings. The SMILES string of the molecule is CCCC#CCCS(=O)(=O)C[C@H]1[C@@H](C/C=C\CCCC(=O)O)[C@H]2CC[C@@H]1O2. The third-order valence-electron chi connectivity index (χ3n) is 5.41. The van der Waals surface area contributed by atoms with Gasteiger partial charge in [-0.15, -0.1) is 11.8 Å². The number of hydrogen-bond acceptors (Lipinski definition) is 4. The van der Waals surface area contributed by atoms with Gasteiger partial charge in [0.25, 0.3) is 0 Å². The van der Waals surface area contributed by atoms with E-state index in [0.29, 0.717) is 12.8 Å². The molecular formula is C21H32O5S. The molecule has 6 heteroatoms. The molecule has 2 aliphatic rings. The quantitative estimate of drug-likeness (QED) is 0.328. The van der Waals surface area contributed by atoms with Crippen molar-refractivity contribution in [1.29, 1.82) is 0 Å². The maximum absolute atomic E-state index is 12.5. The largest absolute Gasteiger partial charge is 0.481 e. The normalized spacial score (nSPS) is 27.0. The molecule has 2 aliphatic heterocycles. The van der Waals surface area contributed by atoms with E-state index in [9.17, 15) is 13.2 Å². The first-order valence-electron chi connectivity index (χ1n) is 10.1. The van der Waals surface area contributed by atoms with E-state index in [1.54, 1.807) is 0 Å². The van der Waals surface area contributed by atoms with Crippen LogP contribution in [0.5, 0.6) is 0 Å². The van der Waals surface area contributed by atoms with E-state index < -0.39 is 15.8 Å². The van der Waals surface area contributed by atoms with Crippen LogP contribution in [0.1, 0.15) is 64.7 Å². The van der Waals surface area contributed by atoms with E-state index in [0.717, 1.165) is 38.5 Å². The lowest BCUT2D eigenvalue weighted by Crippen LogP contribution is -2.33. The zero-order valence-electron chi connectivity index (χ0n) is 16.2. The Balaban J connectivity index is 1.83. The molecule has 1 N–H and O–H groups in total. The first-order valence-corrected chi connectivity index (χ1v) is 11.9. The topological polar surface area (TPSA) is 80.7 Å². The Hall–Kier alpha value is -1.32. The number of rotatable bonds is 11. The van der Waals surface area contributed by atoms with Gasteiger partial charge in [-0.2, -0.15) is 0 Å². The second-order valence-electron chi connectivity index (χ2n) is 7.58. The average molecular weight is 397 g/mol. The summed E-state index contributed by atoms with van der Waals surface area (Å²) in [5, 5.41) is 8.66. The van der Waals surface area contributed by atoms with Crippen LogP contribution in [-0.2, 0) is 19.4 Å². The van der Waals surface area contributed by atoms with Gasteiger partial charge in [0.1, 0.15) is 0 Å². The second kappa shape index (κ2) is 10.9. The number of carboxylic acid groups (broad SMARTS) is 1. The van der Waals surface area contributed by atoms with Crippen LogP contribution in [0.4, 0.5) is 0 Å². The molecule has 0 saturated carbocycles. The van der Waals surface area contributed by atoms with Gasteiger partial charge in [0.2, 0.25) is 0 Å². The molecule has 2 bridgehead atoms. The van der Waals surface area contributed by atoms with Crippen molar-refractivity contribution in [3.63, 3.8) is 0 Å². The Kier molecular flexibility index (Phi) is 8.85. The number of ether oxygens (including phenoxy) is 1.